The molecular weight excluding hydrogens is 306 g/mol. The van der Waals surface area contributed by atoms with Crippen molar-refractivity contribution in [2.75, 3.05) is 39.0 Å². The van der Waals surface area contributed by atoms with Gasteiger partial charge in [-0.05, 0) is 19.7 Å². The van der Waals surface area contributed by atoms with E-state index >= 15 is 0 Å². The lowest BCUT2D eigenvalue weighted by molar-refractivity contribution is -0.119. The van der Waals surface area contributed by atoms with E-state index in [1.807, 2.05) is 50.5 Å². The second-order valence-electron chi connectivity index (χ2n) is 6.58. The maximum Gasteiger partial charge on any atom is 0.230 e. The van der Waals surface area contributed by atoms with Gasteiger partial charge in [-0.1, -0.05) is 0 Å². The van der Waals surface area contributed by atoms with Crippen molar-refractivity contribution >= 4 is 11.7 Å². The molecule has 2 aromatic rings. The van der Waals surface area contributed by atoms with Crippen molar-refractivity contribution in [3.63, 3.8) is 0 Å². The molecule has 0 aliphatic carbocycles. The van der Waals surface area contributed by atoms with E-state index < -0.39 is 0 Å². The van der Waals surface area contributed by atoms with Gasteiger partial charge in [0.05, 0.1) is 18.7 Å². The third-order valence-electron chi connectivity index (χ3n) is 4.37. The van der Waals surface area contributed by atoms with Crippen LogP contribution < -0.4 is 10.6 Å². The molecule has 0 spiro atoms. The molecule has 1 saturated heterocycles. The van der Waals surface area contributed by atoms with Crippen LogP contribution in [0, 0.1) is 5.92 Å². The summed E-state index contributed by atoms with van der Waals surface area (Å²) in [5, 5.41) is 14.9. The molecule has 0 bridgehead atoms. The highest BCUT2D eigenvalue weighted by atomic mass is 16.2. The van der Waals surface area contributed by atoms with Crippen molar-refractivity contribution < 1.29 is 4.79 Å². The Morgan fingerprint density at radius 1 is 1.46 bits per heavy atom. The third-order valence-corrected chi connectivity index (χ3v) is 4.37. The average Bonchev–Trinajstić information content (AvgIpc) is 3.24. The van der Waals surface area contributed by atoms with Crippen molar-refractivity contribution in [3.05, 3.63) is 30.2 Å². The van der Waals surface area contributed by atoms with Crippen molar-refractivity contribution in [1.29, 1.82) is 0 Å². The Bertz CT molecular complexity index is 690. The quantitative estimate of drug-likeness (QED) is 0.786. The van der Waals surface area contributed by atoms with Crippen molar-refractivity contribution in [2.45, 2.75) is 12.5 Å². The number of carbonyl (C=O) groups is 1. The molecule has 130 valence electrons. The number of likely N-dealkylation sites (N-methyl/N-ethyl adjacent to an activating group) is 1. The van der Waals surface area contributed by atoms with Gasteiger partial charge in [0, 0.05) is 51.1 Å². The number of hydrogen-bond donors (Lipinski definition) is 2. The first kappa shape index (κ1) is 16.7. The van der Waals surface area contributed by atoms with Gasteiger partial charge in [0.1, 0.15) is 0 Å². The Labute approximate surface area is 141 Å². The summed E-state index contributed by atoms with van der Waals surface area (Å²) in [5.41, 5.74) is 1.10. The molecule has 3 rings (SSSR count). The molecule has 3 heterocycles. The van der Waals surface area contributed by atoms with Crippen molar-refractivity contribution in [1.82, 2.24) is 29.8 Å². The minimum absolute atomic E-state index is 0.00622. The van der Waals surface area contributed by atoms with Crippen molar-refractivity contribution in [3.8, 4) is 0 Å². The molecular formula is C16H25N7O. The lowest BCUT2D eigenvalue weighted by Gasteiger charge is -2.16. The fraction of sp³-hybridized carbons (Fsp3) is 0.562. The van der Waals surface area contributed by atoms with Gasteiger partial charge in [-0.2, -0.15) is 10.2 Å². The third kappa shape index (κ3) is 3.82. The number of hydrogen-bond acceptors (Lipinski definition) is 5. The number of carbonyl (C=O) groups excluding carboxylic acids is 1. The number of nitrogens with zero attached hydrogens (tertiary/aromatic N) is 5. The molecule has 1 aliphatic heterocycles. The van der Waals surface area contributed by atoms with Crippen molar-refractivity contribution in [2.24, 2.45) is 13.0 Å². The molecule has 0 unspecified atom stereocenters. The van der Waals surface area contributed by atoms with Gasteiger partial charge in [-0.15, -0.1) is 0 Å². The van der Waals surface area contributed by atoms with Gasteiger partial charge in [-0.25, -0.2) is 0 Å². The number of anilines is 1. The molecule has 1 amide bonds. The lowest BCUT2D eigenvalue weighted by Crippen LogP contribution is -2.28. The smallest absolute Gasteiger partial charge is 0.230 e. The van der Waals surface area contributed by atoms with Crippen LogP contribution in [0.15, 0.2) is 24.7 Å². The van der Waals surface area contributed by atoms with E-state index in [0.29, 0.717) is 12.4 Å². The molecule has 1 aliphatic rings. The monoisotopic (exact) mass is 331 g/mol. The largest absolute Gasteiger partial charge is 0.315 e. The van der Waals surface area contributed by atoms with E-state index in [0.717, 1.165) is 25.2 Å². The number of amides is 1. The summed E-state index contributed by atoms with van der Waals surface area (Å²) in [5.74, 6) is 0.651. The molecule has 1 fully saturated rings. The van der Waals surface area contributed by atoms with Crippen LogP contribution in [-0.2, 0) is 18.4 Å². The topological polar surface area (TPSA) is 80.0 Å². The molecule has 2 aromatic heterocycles. The van der Waals surface area contributed by atoms with Crippen LogP contribution in [0.5, 0.6) is 0 Å². The number of nitrogens with one attached hydrogen (secondary N) is 2. The van der Waals surface area contributed by atoms with Gasteiger partial charge in [0.25, 0.3) is 0 Å². The summed E-state index contributed by atoms with van der Waals surface area (Å²) in [4.78, 5) is 14.7. The zero-order valence-corrected chi connectivity index (χ0v) is 14.4. The molecule has 2 atom stereocenters. The molecule has 24 heavy (non-hydrogen) atoms. The van der Waals surface area contributed by atoms with Gasteiger partial charge < -0.3 is 15.5 Å². The second-order valence-corrected chi connectivity index (χ2v) is 6.58. The van der Waals surface area contributed by atoms with Crippen LogP contribution in [0.1, 0.15) is 11.5 Å². The molecule has 8 heteroatoms. The summed E-state index contributed by atoms with van der Waals surface area (Å²) in [6.45, 7) is 3.17. The highest BCUT2D eigenvalue weighted by Gasteiger charge is 2.34. The fourth-order valence-electron chi connectivity index (χ4n) is 3.01. The molecule has 0 aromatic carbocycles. The first-order valence-electron chi connectivity index (χ1n) is 8.21. The summed E-state index contributed by atoms with van der Waals surface area (Å²) < 4.78 is 3.62. The van der Waals surface area contributed by atoms with E-state index in [1.165, 1.54) is 0 Å². The normalized spacial score (nSPS) is 20.7. The molecule has 0 radical (unpaired) electrons. The highest BCUT2D eigenvalue weighted by molar-refractivity contribution is 5.92. The number of rotatable bonds is 6. The predicted molar refractivity (Wildman–Crippen MR) is 91.7 cm³/mol. The van der Waals surface area contributed by atoms with E-state index in [-0.39, 0.29) is 17.7 Å². The SMILES string of the molecule is CN(C)CCn1ccc(NC(=O)[C@H]2CNC[C@@H]2c2cnn(C)c2)n1. The zero-order valence-electron chi connectivity index (χ0n) is 14.4. The van der Waals surface area contributed by atoms with Crippen LogP contribution in [0.3, 0.4) is 0 Å². The Hall–Kier alpha value is -2.19. The minimum Gasteiger partial charge on any atom is -0.315 e. The van der Waals surface area contributed by atoms with E-state index in [1.54, 1.807) is 4.68 Å². The Balaban J connectivity index is 1.62. The van der Waals surface area contributed by atoms with Gasteiger partial charge >= 0.3 is 0 Å². The number of aromatic nitrogens is 4. The first-order chi connectivity index (χ1) is 11.5. The molecule has 2 N–H and O–H groups in total. The molecule has 0 saturated carbocycles. The van der Waals surface area contributed by atoms with Gasteiger partial charge in [0.15, 0.2) is 5.82 Å². The first-order valence-corrected chi connectivity index (χ1v) is 8.21. The fourth-order valence-corrected chi connectivity index (χ4v) is 3.01. The minimum atomic E-state index is -0.110. The van der Waals surface area contributed by atoms with Crippen LogP contribution in [0.4, 0.5) is 5.82 Å². The second kappa shape index (κ2) is 7.14. The van der Waals surface area contributed by atoms with Crippen LogP contribution >= 0.6 is 0 Å². The Kier molecular flexibility index (Phi) is 4.96. The Morgan fingerprint density at radius 2 is 2.29 bits per heavy atom. The highest BCUT2D eigenvalue weighted by Crippen LogP contribution is 2.28. The average molecular weight is 331 g/mol. The standard InChI is InChI=1S/C16H25N7O/c1-21(2)6-7-23-5-4-15(20-23)19-16(24)14-10-17-9-13(14)12-8-18-22(3)11-12/h4-5,8,11,13-14,17H,6-7,9-10H2,1-3H3,(H,19,20,24)/t13-,14+/m1/s1. The predicted octanol–water partition coefficient (Wildman–Crippen LogP) is 0.120. The number of aryl methyl sites for hydroxylation is 1. The van der Waals surface area contributed by atoms with E-state index in [2.05, 4.69) is 25.7 Å². The summed E-state index contributed by atoms with van der Waals surface area (Å²) in [6.07, 6.45) is 5.71. The van der Waals surface area contributed by atoms with E-state index in [4.69, 9.17) is 0 Å². The van der Waals surface area contributed by atoms with Crippen LogP contribution in [0.2, 0.25) is 0 Å². The van der Waals surface area contributed by atoms with Crippen LogP contribution in [-0.4, -0.2) is 64.1 Å². The summed E-state index contributed by atoms with van der Waals surface area (Å²) >= 11 is 0. The molecule has 8 nitrogen and oxygen atoms in total. The summed E-state index contributed by atoms with van der Waals surface area (Å²) in [7, 11) is 5.94. The Morgan fingerprint density at radius 3 is 3.00 bits per heavy atom. The van der Waals surface area contributed by atoms with Gasteiger partial charge in [0.2, 0.25) is 5.91 Å². The lowest BCUT2D eigenvalue weighted by atomic mass is 9.90. The van der Waals surface area contributed by atoms with E-state index in [9.17, 15) is 4.79 Å². The maximum absolute atomic E-state index is 12.6. The zero-order chi connectivity index (χ0) is 17.1. The van der Waals surface area contributed by atoms with Gasteiger partial charge in [-0.3, -0.25) is 14.2 Å². The van der Waals surface area contributed by atoms with Crippen LogP contribution in [0.25, 0.3) is 0 Å². The summed E-state index contributed by atoms with van der Waals surface area (Å²) in [6, 6.07) is 1.84. The maximum atomic E-state index is 12.6.